The molecular formula is C10H18N4. The lowest BCUT2D eigenvalue weighted by Crippen LogP contribution is -2.15. The van der Waals surface area contributed by atoms with E-state index in [0.29, 0.717) is 12.0 Å². The highest BCUT2D eigenvalue weighted by Crippen LogP contribution is 2.32. The van der Waals surface area contributed by atoms with Crippen LogP contribution in [0, 0.1) is 0 Å². The van der Waals surface area contributed by atoms with Crippen LogP contribution in [0.5, 0.6) is 0 Å². The van der Waals surface area contributed by atoms with Gasteiger partial charge in [-0.1, -0.05) is 6.92 Å². The Balaban J connectivity index is 2.11. The molecule has 2 atom stereocenters. The molecule has 0 bridgehead atoms. The van der Waals surface area contributed by atoms with E-state index in [0.717, 1.165) is 31.6 Å². The molecule has 1 aromatic heterocycles. The molecule has 1 aromatic rings. The van der Waals surface area contributed by atoms with E-state index in [4.69, 9.17) is 5.73 Å². The zero-order valence-corrected chi connectivity index (χ0v) is 8.69. The smallest absolute Gasteiger partial charge is 0.135 e. The zero-order valence-electron chi connectivity index (χ0n) is 8.69. The second-order valence-corrected chi connectivity index (χ2v) is 4.15. The molecule has 0 amide bonds. The van der Waals surface area contributed by atoms with Gasteiger partial charge in [0.15, 0.2) is 0 Å². The Bertz CT molecular complexity index is 294. The van der Waals surface area contributed by atoms with Gasteiger partial charge in [-0.15, -0.1) is 10.2 Å². The Morgan fingerprint density at radius 2 is 2.43 bits per heavy atom. The predicted molar refractivity (Wildman–Crippen MR) is 54.9 cm³/mol. The first kappa shape index (κ1) is 9.65. The second-order valence-electron chi connectivity index (χ2n) is 4.15. The van der Waals surface area contributed by atoms with Crippen LogP contribution in [0.4, 0.5) is 0 Å². The van der Waals surface area contributed by atoms with Crippen LogP contribution in [0.15, 0.2) is 6.33 Å². The van der Waals surface area contributed by atoms with Gasteiger partial charge >= 0.3 is 0 Å². The van der Waals surface area contributed by atoms with Crippen molar-refractivity contribution in [3.63, 3.8) is 0 Å². The van der Waals surface area contributed by atoms with Gasteiger partial charge in [-0.2, -0.15) is 0 Å². The normalized spacial score (nSPS) is 27.0. The predicted octanol–water partition coefficient (Wildman–Crippen LogP) is 1.28. The Morgan fingerprint density at radius 1 is 1.57 bits per heavy atom. The minimum atomic E-state index is 0.367. The summed E-state index contributed by atoms with van der Waals surface area (Å²) in [4.78, 5) is 0. The third-order valence-corrected chi connectivity index (χ3v) is 2.95. The maximum Gasteiger partial charge on any atom is 0.135 e. The van der Waals surface area contributed by atoms with E-state index < -0.39 is 0 Å². The van der Waals surface area contributed by atoms with Gasteiger partial charge in [0.25, 0.3) is 0 Å². The summed E-state index contributed by atoms with van der Waals surface area (Å²) in [6.45, 7) is 3.19. The molecule has 78 valence electrons. The van der Waals surface area contributed by atoms with Gasteiger partial charge < -0.3 is 10.3 Å². The average Bonchev–Trinajstić information content (AvgIpc) is 2.74. The summed E-state index contributed by atoms with van der Waals surface area (Å²) in [7, 11) is 0. The number of nitrogens with zero attached hydrogens (tertiary/aromatic N) is 3. The first-order valence-corrected chi connectivity index (χ1v) is 5.44. The van der Waals surface area contributed by atoms with Crippen LogP contribution in [0.2, 0.25) is 0 Å². The fraction of sp³-hybridized carbons (Fsp3) is 0.800. The molecule has 4 nitrogen and oxygen atoms in total. The van der Waals surface area contributed by atoms with Crippen LogP contribution < -0.4 is 5.73 Å². The topological polar surface area (TPSA) is 56.7 Å². The van der Waals surface area contributed by atoms with E-state index in [-0.39, 0.29) is 0 Å². The van der Waals surface area contributed by atoms with Crippen molar-refractivity contribution < 1.29 is 0 Å². The van der Waals surface area contributed by atoms with E-state index in [1.165, 1.54) is 6.42 Å². The van der Waals surface area contributed by atoms with E-state index in [1.807, 2.05) is 6.33 Å². The molecule has 1 aliphatic rings. The largest absolute Gasteiger partial charge is 0.328 e. The van der Waals surface area contributed by atoms with Crippen LogP contribution in [0.3, 0.4) is 0 Å². The van der Waals surface area contributed by atoms with E-state index in [1.54, 1.807) is 0 Å². The van der Waals surface area contributed by atoms with Gasteiger partial charge in [-0.3, -0.25) is 0 Å². The fourth-order valence-corrected chi connectivity index (χ4v) is 2.24. The molecule has 1 fully saturated rings. The number of aromatic nitrogens is 3. The quantitative estimate of drug-likeness (QED) is 0.788. The lowest BCUT2D eigenvalue weighted by atomic mass is 10.1. The summed E-state index contributed by atoms with van der Waals surface area (Å²) in [5.74, 6) is 1.68. The van der Waals surface area contributed by atoms with E-state index in [2.05, 4.69) is 21.7 Å². The molecular weight excluding hydrogens is 176 g/mol. The Morgan fingerprint density at radius 3 is 3.07 bits per heavy atom. The summed E-state index contributed by atoms with van der Waals surface area (Å²) < 4.78 is 2.17. The number of aryl methyl sites for hydroxylation is 1. The maximum absolute atomic E-state index is 5.90. The number of rotatable bonds is 3. The van der Waals surface area contributed by atoms with Crippen LogP contribution in [0.25, 0.3) is 0 Å². The summed E-state index contributed by atoms with van der Waals surface area (Å²) in [6.07, 6.45) is 6.34. The van der Waals surface area contributed by atoms with Crippen molar-refractivity contribution in [2.75, 3.05) is 0 Å². The zero-order chi connectivity index (χ0) is 9.97. The summed E-state index contributed by atoms with van der Waals surface area (Å²) in [5.41, 5.74) is 5.90. The van der Waals surface area contributed by atoms with Crippen molar-refractivity contribution in [3.8, 4) is 0 Å². The number of hydrogen-bond acceptors (Lipinski definition) is 3. The monoisotopic (exact) mass is 194 g/mol. The Labute approximate surface area is 84.5 Å². The number of hydrogen-bond donors (Lipinski definition) is 1. The molecule has 0 aliphatic heterocycles. The van der Waals surface area contributed by atoms with Crippen LogP contribution in [-0.4, -0.2) is 20.8 Å². The first-order chi connectivity index (χ1) is 6.81. The van der Waals surface area contributed by atoms with Gasteiger partial charge in [-0.05, 0) is 25.7 Å². The van der Waals surface area contributed by atoms with Gasteiger partial charge in [0.1, 0.15) is 12.2 Å². The molecule has 1 heterocycles. The van der Waals surface area contributed by atoms with Gasteiger partial charge in [-0.25, -0.2) is 0 Å². The van der Waals surface area contributed by atoms with Crippen molar-refractivity contribution in [3.05, 3.63) is 12.2 Å². The summed E-state index contributed by atoms with van der Waals surface area (Å²) in [6, 6.07) is 0.367. The molecule has 0 aromatic carbocycles. The van der Waals surface area contributed by atoms with Crippen molar-refractivity contribution >= 4 is 0 Å². The Hall–Kier alpha value is -0.900. The second kappa shape index (κ2) is 4.09. The summed E-state index contributed by atoms with van der Waals surface area (Å²) >= 11 is 0. The lowest BCUT2D eigenvalue weighted by molar-refractivity contribution is 0.567. The highest BCUT2D eigenvalue weighted by Gasteiger charge is 2.26. The molecule has 1 aliphatic carbocycles. The molecule has 14 heavy (non-hydrogen) atoms. The van der Waals surface area contributed by atoms with Crippen LogP contribution in [0.1, 0.15) is 44.3 Å². The molecule has 0 saturated heterocycles. The molecule has 1 saturated carbocycles. The van der Waals surface area contributed by atoms with Gasteiger partial charge in [0, 0.05) is 18.5 Å². The molecule has 2 N–H and O–H groups in total. The van der Waals surface area contributed by atoms with Crippen molar-refractivity contribution in [1.82, 2.24) is 14.8 Å². The Kier molecular flexibility index (Phi) is 2.82. The van der Waals surface area contributed by atoms with Crippen LogP contribution >= 0.6 is 0 Å². The standard InChI is InChI=1S/C10H18N4/c1-2-5-14-7-12-13-10(14)8-3-4-9(11)6-8/h7-9H,2-6,11H2,1H3/t8-,9+/m1/s1. The third kappa shape index (κ3) is 1.80. The lowest BCUT2D eigenvalue weighted by Gasteiger charge is -2.10. The van der Waals surface area contributed by atoms with Crippen LogP contribution in [-0.2, 0) is 6.54 Å². The summed E-state index contributed by atoms with van der Waals surface area (Å²) in [5, 5.41) is 8.19. The average molecular weight is 194 g/mol. The minimum absolute atomic E-state index is 0.367. The maximum atomic E-state index is 5.90. The molecule has 0 unspecified atom stereocenters. The fourth-order valence-electron chi connectivity index (χ4n) is 2.24. The van der Waals surface area contributed by atoms with Gasteiger partial charge in [0.2, 0.25) is 0 Å². The molecule has 0 spiro atoms. The highest BCUT2D eigenvalue weighted by molar-refractivity contribution is 5.01. The van der Waals surface area contributed by atoms with Crippen molar-refractivity contribution in [1.29, 1.82) is 0 Å². The minimum Gasteiger partial charge on any atom is -0.328 e. The van der Waals surface area contributed by atoms with E-state index in [9.17, 15) is 0 Å². The highest BCUT2D eigenvalue weighted by atomic mass is 15.3. The SMILES string of the molecule is CCCn1cnnc1[C@@H]1CC[C@H](N)C1. The molecule has 4 heteroatoms. The molecule has 0 radical (unpaired) electrons. The molecule has 2 rings (SSSR count). The van der Waals surface area contributed by atoms with E-state index >= 15 is 0 Å². The first-order valence-electron chi connectivity index (χ1n) is 5.44. The number of nitrogens with two attached hydrogens (primary N) is 1. The van der Waals surface area contributed by atoms with Crippen molar-refractivity contribution in [2.24, 2.45) is 5.73 Å². The third-order valence-electron chi connectivity index (χ3n) is 2.95. The van der Waals surface area contributed by atoms with Crippen molar-refractivity contribution in [2.45, 2.75) is 51.1 Å². The van der Waals surface area contributed by atoms with Gasteiger partial charge in [0.05, 0.1) is 0 Å².